The van der Waals surface area contributed by atoms with Crippen LogP contribution in [0.5, 0.6) is 5.75 Å². The van der Waals surface area contributed by atoms with E-state index >= 15 is 0 Å². The van der Waals surface area contributed by atoms with E-state index in [2.05, 4.69) is 5.32 Å². The minimum atomic E-state index is -0.513. The summed E-state index contributed by atoms with van der Waals surface area (Å²) in [6, 6.07) is 18.9. The van der Waals surface area contributed by atoms with Gasteiger partial charge >= 0.3 is 0 Å². The third kappa shape index (κ3) is 4.15. The Morgan fingerprint density at radius 3 is 2.16 bits per heavy atom. The third-order valence-electron chi connectivity index (χ3n) is 4.74. The molecule has 3 aromatic carbocycles. The second-order valence-corrected chi connectivity index (χ2v) is 7.20. The van der Waals surface area contributed by atoms with Gasteiger partial charge in [-0.2, -0.15) is 0 Å². The Hall–Kier alpha value is -3.64. The molecular formula is C24H18ClFN2O3. The molecule has 7 heteroatoms. The van der Waals surface area contributed by atoms with Gasteiger partial charge in [0.25, 0.3) is 11.8 Å². The van der Waals surface area contributed by atoms with Gasteiger partial charge in [-0.3, -0.25) is 9.59 Å². The molecule has 1 aliphatic heterocycles. The predicted octanol–water partition coefficient (Wildman–Crippen LogP) is 5.27. The zero-order valence-corrected chi connectivity index (χ0v) is 17.3. The zero-order valence-electron chi connectivity index (χ0n) is 16.6. The number of hydrogen-bond acceptors (Lipinski definition) is 4. The Balaban J connectivity index is 1.75. The molecule has 0 unspecified atom stereocenters. The van der Waals surface area contributed by atoms with Crippen LogP contribution in [0.15, 0.2) is 78.5 Å². The Morgan fingerprint density at radius 2 is 1.55 bits per heavy atom. The number of nitrogens with zero attached hydrogens (tertiary/aromatic N) is 1. The number of halogens is 2. The average Bonchev–Trinajstić information content (AvgIpc) is 3.01. The number of rotatable bonds is 6. The van der Waals surface area contributed by atoms with Crippen molar-refractivity contribution in [2.75, 3.05) is 16.8 Å². The molecule has 2 amide bonds. The first-order chi connectivity index (χ1) is 15.0. The summed E-state index contributed by atoms with van der Waals surface area (Å²) in [5, 5.41) is 3.55. The van der Waals surface area contributed by atoms with Gasteiger partial charge in [0.05, 0.1) is 17.9 Å². The molecular weight excluding hydrogens is 419 g/mol. The maximum atomic E-state index is 13.5. The number of nitrogens with one attached hydrogen (secondary N) is 1. The van der Waals surface area contributed by atoms with Crippen LogP contribution < -0.4 is 15.0 Å². The summed E-state index contributed by atoms with van der Waals surface area (Å²) in [5.41, 5.74) is 1.70. The zero-order chi connectivity index (χ0) is 22.0. The summed E-state index contributed by atoms with van der Waals surface area (Å²) in [6.45, 7) is 2.43. The standard InChI is InChI=1S/C24H18ClFN2O3/c1-2-31-20-13-9-18(10-14-20)27-22-21(15-3-7-17(26)8-4-15)23(29)28(24(22)30)19-11-5-16(25)6-12-19/h3-14,27H,2H2,1H3. The minimum absolute atomic E-state index is 0.107. The molecule has 0 saturated heterocycles. The molecule has 0 fully saturated rings. The highest BCUT2D eigenvalue weighted by molar-refractivity contribution is 6.46. The van der Waals surface area contributed by atoms with Gasteiger partial charge in [-0.1, -0.05) is 23.7 Å². The fourth-order valence-corrected chi connectivity index (χ4v) is 3.43. The molecule has 0 bridgehead atoms. The highest BCUT2D eigenvalue weighted by atomic mass is 35.5. The molecule has 1 N–H and O–H groups in total. The van der Waals surface area contributed by atoms with Crippen molar-refractivity contribution in [3.8, 4) is 5.75 Å². The molecule has 156 valence electrons. The van der Waals surface area contributed by atoms with Crippen molar-refractivity contribution in [2.24, 2.45) is 0 Å². The summed E-state index contributed by atoms with van der Waals surface area (Å²) in [6.07, 6.45) is 0. The van der Waals surface area contributed by atoms with E-state index in [9.17, 15) is 14.0 Å². The molecule has 0 radical (unpaired) electrons. The second-order valence-electron chi connectivity index (χ2n) is 6.76. The number of hydrogen-bond donors (Lipinski definition) is 1. The molecule has 0 saturated carbocycles. The lowest BCUT2D eigenvalue weighted by Crippen LogP contribution is -2.32. The van der Waals surface area contributed by atoms with E-state index in [1.165, 1.54) is 24.3 Å². The van der Waals surface area contributed by atoms with Gasteiger partial charge in [0.1, 0.15) is 17.3 Å². The first-order valence-electron chi connectivity index (χ1n) is 9.62. The van der Waals surface area contributed by atoms with Crippen LogP contribution in [0.3, 0.4) is 0 Å². The van der Waals surface area contributed by atoms with Crippen LogP contribution in [0.25, 0.3) is 5.57 Å². The summed E-state index contributed by atoms with van der Waals surface area (Å²) in [7, 11) is 0. The fraction of sp³-hybridized carbons (Fsp3) is 0.0833. The van der Waals surface area contributed by atoms with Crippen LogP contribution in [0.2, 0.25) is 5.02 Å². The lowest BCUT2D eigenvalue weighted by molar-refractivity contribution is -0.120. The van der Waals surface area contributed by atoms with Crippen LogP contribution in [0, 0.1) is 5.82 Å². The topological polar surface area (TPSA) is 58.6 Å². The van der Waals surface area contributed by atoms with Crippen LogP contribution in [-0.2, 0) is 9.59 Å². The number of anilines is 2. The number of carbonyl (C=O) groups is 2. The number of amides is 2. The fourth-order valence-electron chi connectivity index (χ4n) is 3.30. The molecule has 0 aliphatic carbocycles. The average molecular weight is 437 g/mol. The number of benzene rings is 3. The highest BCUT2D eigenvalue weighted by Gasteiger charge is 2.40. The van der Waals surface area contributed by atoms with Crippen molar-refractivity contribution in [3.05, 3.63) is 94.9 Å². The smallest absolute Gasteiger partial charge is 0.282 e. The molecule has 5 nitrogen and oxygen atoms in total. The van der Waals surface area contributed by atoms with E-state index in [1.807, 2.05) is 6.92 Å². The lowest BCUT2D eigenvalue weighted by Gasteiger charge is -2.15. The summed E-state index contributed by atoms with van der Waals surface area (Å²) >= 11 is 5.94. The monoisotopic (exact) mass is 436 g/mol. The quantitative estimate of drug-likeness (QED) is 0.534. The van der Waals surface area contributed by atoms with Crippen LogP contribution >= 0.6 is 11.6 Å². The van der Waals surface area contributed by atoms with Crippen LogP contribution in [0.4, 0.5) is 15.8 Å². The second kappa shape index (κ2) is 8.62. The predicted molar refractivity (Wildman–Crippen MR) is 118 cm³/mol. The van der Waals surface area contributed by atoms with Gasteiger partial charge in [-0.25, -0.2) is 9.29 Å². The first-order valence-corrected chi connectivity index (χ1v) is 10.00. The molecule has 1 aliphatic rings. The Morgan fingerprint density at radius 1 is 0.903 bits per heavy atom. The van der Waals surface area contributed by atoms with E-state index in [0.717, 1.165) is 4.90 Å². The van der Waals surface area contributed by atoms with Crippen molar-refractivity contribution in [2.45, 2.75) is 6.92 Å². The summed E-state index contributed by atoms with van der Waals surface area (Å²) in [5.74, 6) is -0.762. The maximum Gasteiger partial charge on any atom is 0.282 e. The molecule has 4 rings (SSSR count). The van der Waals surface area contributed by atoms with Crippen molar-refractivity contribution < 1.29 is 18.7 Å². The SMILES string of the molecule is CCOc1ccc(NC2=C(c3ccc(F)cc3)C(=O)N(c3ccc(Cl)cc3)C2=O)cc1. The van der Waals surface area contributed by atoms with Gasteiger partial charge in [0.2, 0.25) is 0 Å². The van der Waals surface area contributed by atoms with Gasteiger partial charge in [-0.05, 0) is 73.2 Å². The Kier molecular flexibility index (Phi) is 5.73. The van der Waals surface area contributed by atoms with E-state index in [1.54, 1.807) is 48.5 Å². The minimum Gasteiger partial charge on any atom is -0.494 e. The number of carbonyl (C=O) groups excluding carboxylic acids is 2. The van der Waals surface area contributed by atoms with E-state index in [4.69, 9.17) is 16.3 Å². The van der Waals surface area contributed by atoms with E-state index in [0.29, 0.717) is 34.3 Å². The molecule has 1 heterocycles. The normalized spacial score (nSPS) is 13.7. The third-order valence-corrected chi connectivity index (χ3v) is 4.99. The molecule has 3 aromatic rings. The molecule has 0 atom stereocenters. The first kappa shape index (κ1) is 20.6. The van der Waals surface area contributed by atoms with Gasteiger partial charge in [-0.15, -0.1) is 0 Å². The van der Waals surface area contributed by atoms with Crippen LogP contribution in [0.1, 0.15) is 12.5 Å². The highest BCUT2D eigenvalue weighted by Crippen LogP contribution is 2.34. The molecule has 31 heavy (non-hydrogen) atoms. The van der Waals surface area contributed by atoms with Crippen molar-refractivity contribution >= 4 is 40.4 Å². The van der Waals surface area contributed by atoms with E-state index < -0.39 is 17.6 Å². The van der Waals surface area contributed by atoms with Crippen molar-refractivity contribution in [1.29, 1.82) is 0 Å². The van der Waals surface area contributed by atoms with Gasteiger partial charge < -0.3 is 10.1 Å². The van der Waals surface area contributed by atoms with Gasteiger partial charge in [0, 0.05) is 10.7 Å². The number of ether oxygens (including phenoxy) is 1. The summed E-state index contributed by atoms with van der Waals surface area (Å²) in [4.78, 5) is 27.6. The summed E-state index contributed by atoms with van der Waals surface area (Å²) < 4.78 is 18.9. The Bertz CT molecular complexity index is 1160. The largest absolute Gasteiger partial charge is 0.494 e. The van der Waals surface area contributed by atoms with Crippen LogP contribution in [-0.4, -0.2) is 18.4 Å². The maximum absolute atomic E-state index is 13.5. The molecule has 0 spiro atoms. The van der Waals surface area contributed by atoms with Crippen molar-refractivity contribution in [1.82, 2.24) is 0 Å². The molecule has 0 aromatic heterocycles. The van der Waals surface area contributed by atoms with E-state index in [-0.39, 0.29) is 11.3 Å². The van der Waals surface area contributed by atoms with Gasteiger partial charge in [0.15, 0.2) is 0 Å². The lowest BCUT2D eigenvalue weighted by atomic mass is 10.0. The van der Waals surface area contributed by atoms with Crippen molar-refractivity contribution in [3.63, 3.8) is 0 Å². The Labute approximate surface area is 183 Å². The number of imide groups is 1.